The van der Waals surface area contributed by atoms with Crippen molar-refractivity contribution in [2.45, 2.75) is 154 Å². The lowest BCUT2D eigenvalue weighted by Crippen LogP contribution is -2.61. The molecule has 5 N–H and O–H groups in total. The van der Waals surface area contributed by atoms with Crippen molar-refractivity contribution in [3.63, 3.8) is 0 Å². The van der Waals surface area contributed by atoms with E-state index in [0.29, 0.717) is 37.2 Å². The highest BCUT2D eigenvalue weighted by Gasteiger charge is 2.61. The van der Waals surface area contributed by atoms with Gasteiger partial charge in [0.15, 0.2) is 17.7 Å². The third kappa shape index (κ3) is 8.93. The number of alkyl halides is 1. The number of anilines is 1. The molecule has 1 amide bonds. The summed E-state index contributed by atoms with van der Waals surface area (Å²) < 4.78 is 48.6. The van der Waals surface area contributed by atoms with Gasteiger partial charge in [0.1, 0.15) is 23.7 Å². The van der Waals surface area contributed by atoms with Crippen molar-refractivity contribution in [2.75, 3.05) is 19.4 Å². The third-order valence-corrected chi connectivity index (χ3v) is 12.4. The molecule has 3 fully saturated rings. The van der Waals surface area contributed by atoms with Crippen LogP contribution in [0.3, 0.4) is 0 Å². The minimum Gasteiger partial charge on any atom is -0.455 e. The molecule has 16 nitrogen and oxygen atoms in total. The molecule has 5 rings (SSSR count). The number of cyclic esters (lactones) is 1. The van der Waals surface area contributed by atoms with Crippen LogP contribution in [0.5, 0.6) is 0 Å². The van der Waals surface area contributed by atoms with E-state index < -0.39 is 95.3 Å². The van der Waals surface area contributed by atoms with Gasteiger partial charge < -0.3 is 45.2 Å². The summed E-state index contributed by atoms with van der Waals surface area (Å²) >= 11 is 0. The van der Waals surface area contributed by atoms with Crippen LogP contribution in [-0.4, -0.2) is 122 Å². The number of aromatic nitrogens is 3. The van der Waals surface area contributed by atoms with Crippen LogP contribution in [0.1, 0.15) is 87.5 Å². The number of aliphatic hydroxyl groups is 1. The lowest BCUT2D eigenvalue weighted by atomic mass is 9.73. The topological polar surface area (TPSA) is 221 Å². The Kier molecular flexibility index (Phi) is 13.7. The minimum atomic E-state index is -3.20. The van der Waals surface area contributed by atoms with Gasteiger partial charge in [-0.15, -0.1) is 5.10 Å². The summed E-state index contributed by atoms with van der Waals surface area (Å²) in [6, 6.07) is 5.65. The zero-order chi connectivity index (χ0) is 42.9. The number of methoxy groups -OCH3 is 1. The van der Waals surface area contributed by atoms with Gasteiger partial charge in [-0.2, -0.15) is 0 Å². The number of amides is 1. The number of hydrogen-bond acceptors (Lipinski definition) is 14. The standard InChI is InChI=1S/C41H61FN6O10/c1-10-30-41(8)33(48(38(53)58-41)17-12-11-16-47-21-29(45-46-47)26-14-13-15-27(43)19-26)24(4)31(49)22(2)20-39(6,54-9)35(25(5)34(51)40(7,42)37(52)56-30)57-36-32(50)28(44)18-23(3)55-36/h13-15,19,21-25,28,30,32-33,35-36,50H,10-12,16-18,20,43-44H2,1-9H3/t22-,23-,24+,25+,28?,30-,32?,33-,35-,36+,39-,40+,41-/m1/s1. The molecule has 3 aliphatic rings. The van der Waals surface area contributed by atoms with Crippen molar-refractivity contribution in [1.82, 2.24) is 19.9 Å². The molecule has 2 unspecified atom stereocenters. The number of carbonyl (C=O) groups excluding carboxylic acids is 4. The van der Waals surface area contributed by atoms with Crippen molar-refractivity contribution >= 4 is 29.3 Å². The first-order valence-corrected chi connectivity index (χ1v) is 20.2. The highest BCUT2D eigenvalue weighted by atomic mass is 19.1. The molecule has 0 saturated carbocycles. The molecular formula is C41H61FN6O10. The Morgan fingerprint density at radius 3 is 2.40 bits per heavy atom. The van der Waals surface area contributed by atoms with Crippen LogP contribution < -0.4 is 11.5 Å². The normalized spacial score (nSPS) is 37.9. The monoisotopic (exact) mass is 816 g/mol. The largest absolute Gasteiger partial charge is 0.455 e. The summed E-state index contributed by atoms with van der Waals surface area (Å²) in [7, 11) is 1.37. The lowest BCUT2D eigenvalue weighted by Gasteiger charge is -2.46. The molecule has 1 aromatic heterocycles. The van der Waals surface area contributed by atoms with Crippen LogP contribution in [0, 0.1) is 17.8 Å². The Bertz CT molecular complexity index is 1810. The fourth-order valence-electron chi connectivity index (χ4n) is 9.05. The van der Waals surface area contributed by atoms with E-state index in [4.69, 9.17) is 35.2 Å². The van der Waals surface area contributed by atoms with Gasteiger partial charge in [-0.05, 0) is 71.9 Å². The van der Waals surface area contributed by atoms with Gasteiger partial charge in [0.2, 0.25) is 0 Å². The number of nitrogens with two attached hydrogens (primary N) is 2. The average Bonchev–Trinajstić information content (AvgIpc) is 3.75. The van der Waals surface area contributed by atoms with E-state index in [0.717, 1.165) is 12.5 Å². The smallest absolute Gasteiger partial charge is 0.410 e. The van der Waals surface area contributed by atoms with Gasteiger partial charge in [-0.3, -0.25) is 14.3 Å². The van der Waals surface area contributed by atoms with Crippen LogP contribution >= 0.6 is 0 Å². The first-order valence-electron chi connectivity index (χ1n) is 20.2. The number of fused-ring (bicyclic) bond motifs is 1. The zero-order valence-electron chi connectivity index (χ0n) is 35.1. The first kappa shape index (κ1) is 45.1. The van der Waals surface area contributed by atoms with Gasteiger partial charge in [0.05, 0.1) is 30.0 Å². The van der Waals surface area contributed by atoms with Crippen LogP contribution in [-0.2, 0) is 44.6 Å². The molecule has 4 heterocycles. The number of unbranched alkanes of at least 4 members (excludes halogenated alkanes) is 1. The molecule has 58 heavy (non-hydrogen) atoms. The summed E-state index contributed by atoms with van der Waals surface area (Å²) in [5.74, 6) is -5.94. The number of hydrogen-bond donors (Lipinski definition) is 3. The molecule has 13 atom stereocenters. The molecular weight excluding hydrogens is 755 g/mol. The Morgan fingerprint density at radius 1 is 1.05 bits per heavy atom. The van der Waals surface area contributed by atoms with E-state index in [2.05, 4.69) is 10.3 Å². The van der Waals surface area contributed by atoms with Gasteiger partial charge in [-0.1, -0.05) is 45.0 Å². The predicted octanol–water partition coefficient (Wildman–Crippen LogP) is 4.00. The number of ketones is 2. The van der Waals surface area contributed by atoms with E-state index in [1.807, 2.05) is 24.4 Å². The van der Waals surface area contributed by atoms with Gasteiger partial charge in [0.25, 0.3) is 5.67 Å². The summed E-state index contributed by atoms with van der Waals surface area (Å²) in [6.45, 7) is 12.9. The number of esters is 1. The number of rotatable bonds is 10. The first-order chi connectivity index (χ1) is 27.2. The van der Waals surface area contributed by atoms with E-state index >= 15 is 4.39 Å². The van der Waals surface area contributed by atoms with Crippen LogP contribution in [0.25, 0.3) is 11.3 Å². The Labute approximate surface area is 339 Å². The fraction of sp³-hybridized carbons (Fsp3) is 0.707. The van der Waals surface area contributed by atoms with E-state index in [1.54, 1.807) is 52.3 Å². The number of nitrogen functional groups attached to an aromatic ring is 1. The van der Waals surface area contributed by atoms with Crippen molar-refractivity contribution in [2.24, 2.45) is 23.5 Å². The van der Waals surface area contributed by atoms with Crippen molar-refractivity contribution in [3.8, 4) is 11.3 Å². The Hall–Kier alpha value is -4.03. The van der Waals surface area contributed by atoms with Crippen molar-refractivity contribution < 1.29 is 52.4 Å². The van der Waals surface area contributed by atoms with Crippen LogP contribution in [0.15, 0.2) is 30.5 Å². The Balaban J connectivity index is 1.45. The molecule has 3 aliphatic heterocycles. The van der Waals surface area contributed by atoms with Crippen molar-refractivity contribution in [1.29, 1.82) is 0 Å². The van der Waals surface area contributed by atoms with Gasteiger partial charge in [-0.25, -0.2) is 14.0 Å². The second-order valence-corrected chi connectivity index (χ2v) is 16.9. The lowest BCUT2D eigenvalue weighted by molar-refractivity contribution is -0.288. The second-order valence-electron chi connectivity index (χ2n) is 16.9. The molecule has 17 heteroatoms. The maximum Gasteiger partial charge on any atom is 0.410 e. The number of aliphatic hydroxyl groups excluding tert-OH is 1. The highest BCUT2D eigenvalue weighted by Crippen LogP contribution is 2.43. The molecule has 0 aliphatic carbocycles. The predicted molar refractivity (Wildman–Crippen MR) is 210 cm³/mol. The quantitative estimate of drug-likeness (QED) is 0.134. The van der Waals surface area contributed by atoms with Gasteiger partial charge >= 0.3 is 12.1 Å². The number of ether oxygens (including phenoxy) is 5. The van der Waals surface area contributed by atoms with Crippen molar-refractivity contribution in [3.05, 3.63) is 30.5 Å². The number of carbonyl (C=O) groups is 4. The summed E-state index contributed by atoms with van der Waals surface area (Å²) in [5.41, 5.74) is 7.93. The second kappa shape index (κ2) is 17.7. The molecule has 2 aromatic rings. The number of halogens is 1. The molecule has 322 valence electrons. The van der Waals surface area contributed by atoms with E-state index in [1.165, 1.54) is 18.9 Å². The molecule has 1 aromatic carbocycles. The maximum atomic E-state index is 16.8. The van der Waals surface area contributed by atoms with Gasteiger partial charge in [0, 0.05) is 55.2 Å². The van der Waals surface area contributed by atoms with Crippen LogP contribution in [0.4, 0.5) is 14.9 Å². The zero-order valence-corrected chi connectivity index (χ0v) is 35.1. The average molecular weight is 817 g/mol. The number of aryl methyl sites for hydroxylation is 1. The summed E-state index contributed by atoms with van der Waals surface area (Å²) in [4.78, 5) is 57.9. The van der Waals surface area contributed by atoms with Crippen LogP contribution in [0.2, 0.25) is 0 Å². The fourth-order valence-corrected chi connectivity index (χ4v) is 9.05. The number of benzene rings is 1. The summed E-state index contributed by atoms with van der Waals surface area (Å²) in [5, 5.41) is 19.5. The Morgan fingerprint density at radius 2 is 1.74 bits per heavy atom. The van der Waals surface area contributed by atoms with E-state index in [9.17, 15) is 24.3 Å². The minimum absolute atomic E-state index is 0.0300. The number of nitrogens with zero attached hydrogens (tertiary/aromatic N) is 4. The molecule has 0 bridgehead atoms. The number of Topliss-reactive ketones (excluding diaryl/α,β-unsaturated/α-hetero) is 2. The van der Waals surface area contributed by atoms with E-state index in [-0.39, 0.29) is 25.2 Å². The summed E-state index contributed by atoms with van der Waals surface area (Å²) in [6.07, 6.45) is -3.09. The third-order valence-electron chi connectivity index (χ3n) is 12.4. The SMILES string of the molecule is CC[C@H]1OC(=O)[C@@](C)(F)C(=O)[C@H](C)[C@@H](O[C@@H]2O[C@H](C)CC(N)C2O)[C@](C)(OC)C[C@@H](C)C(=O)[C@H](C)[C@H]2N(CCCCn3cc(-c4cccc(N)c4)nn3)C(=O)O[C@]12C. The molecule has 3 saturated heterocycles. The maximum absolute atomic E-state index is 16.8. The molecule has 0 radical (unpaired) electrons. The molecule has 0 spiro atoms. The highest BCUT2D eigenvalue weighted by molar-refractivity contribution is 6.08.